The fourth-order valence-corrected chi connectivity index (χ4v) is 2.04. The van der Waals surface area contributed by atoms with Crippen LogP contribution in [0.2, 0.25) is 0 Å². The fraction of sp³-hybridized carbons (Fsp3) is 0.571. The van der Waals surface area contributed by atoms with Crippen molar-refractivity contribution in [3.8, 4) is 0 Å². The summed E-state index contributed by atoms with van der Waals surface area (Å²) in [7, 11) is 0. The van der Waals surface area contributed by atoms with E-state index in [1.54, 1.807) is 18.3 Å². The molecule has 0 fully saturated rings. The van der Waals surface area contributed by atoms with E-state index in [1.807, 2.05) is 6.07 Å². The lowest BCUT2D eigenvalue weighted by molar-refractivity contribution is 0.165. The van der Waals surface area contributed by atoms with Crippen LogP contribution in [0.1, 0.15) is 33.1 Å². The van der Waals surface area contributed by atoms with Crippen LogP contribution in [0.15, 0.2) is 24.4 Å². The van der Waals surface area contributed by atoms with Gasteiger partial charge >= 0.3 is 6.03 Å². The van der Waals surface area contributed by atoms with E-state index in [1.165, 1.54) is 0 Å². The van der Waals surface area contributed by atoms with Crippen LogP contribution in [0, 0.1) is 5.41 Å². The molecule has 0 bridgehead atoms. The molecule has 0 aliphatic carbocycles. The number of urea groups is 1. The molecule has 0 saturated heterocycles. The monoisotopic (exact) mass is 265 g/mol. The predicted octanol–water partition coefficient (Wildman–Crippen LogP) is 2.39. The molecule has 0 atom stereocenters. The van der Waals surface area contributed by atoms with Gasteiger partial charge in [0.05, 0.1) is 0 Å². The van der Waals surface area contributed by atoms with E-state index in [9.17, 15) is 4.79 Å². The van der Waals surface area contributed by atoms with Crippen molar-refractivity contribution >= 4 is 11.8 Å². The summed E-state index contributed by atoms with van der Waals surface area (Å²) in [6.45, 7) is 4.86. The van der Waals surface area contributed by atoms with Gasteiger partial charge in [-0.15, -0.1) is 0 Å². The first-order chi connectivity index (χ1) is 9.15. The molecule has 1 rings (SSSR count). The van der Waals surface area contributed by atoms with E-state index >= 15 is 0 Å². The summed E-state index contributed by atoms with van der Waals surface area (Å²) >= 11 is 0. The van der Waals surface area contributed by atoms with Crippen molar-refractivity contribution in [3.05, 3.63) is 24.4 Å². The number of amides is 2. The first-order valence-electron chi connectivity index (χ1n) is 6.72. The Morgan fingerprint density at radius 2 is 2.11 bits per heavy atom. The summed E-state index contributed by atoms with van der Waals surface area (Å²) in [5, 5.41) is 14.7. The summed E-state index contributed by atoms with van der Waals surface area (Å²) in [6, 6.07) is 5.09. The standard InChI is InChI=1S/C14H23N3O2/c1-3-14(4-2,8-10-18)11-16-13(19)17-12-7-5-6-9-15-12/h5-7,9,18H,3-4,8,10-11H2,1-2H3,(H2,15,16,17,19). The molecule has 5 nitrogen and oxygen atoms in total. The minimum absolute atomic E-state index is 0.0315. The van der Waals surface area contributed by atoms with Crippen molar-refractivity contribution in [3.63, 3.8) is 0 Å². The maximum absolute atomic E-state index is 11.8. The van der Waals surface area contributed by atoms with Crippen LogP contribution in [0.25, 0.3) is 0 Å². The molecule has 0 saturated carbocycles. The third kappa shape index (κ3) is 4.87. The summed E-state index contributed by atoms with van der Waals surface area (Å²) in [5.41, 5.74) is -0.0315. The molecule has 1 aromatic heterocycles. The Morgan fingerprint density at radius 3 is 2.63 bits per heavy atom. The predicted molar refractivity (Wildman–Crippen MR) is 76.0 cm³/mol. The van der Waals surface area contributed by atoms with E-state index < -0.39 is 0 Å². The smallest absolute Gasteiger partial charge is 0.320 e. The lowest BCUT2D eigenvalue weighted by Gasteiger charge is -2.31. The molecule has 106 valence electrons. The molecule has 3 N–H and O–H groups in total. The molecular weight excluding hydrogens is 242 g/mol. The van der Waals surface area contributed by atoms with E-state index in [2.05, 4.69) is 29.5 Å². The number of carbonyl (C=O) groups excluding carboxylic acids is 1. The van der Waals surface area contributed by atoms with Gasteiger partial charge in [0.1, 0.15) is 5.82 Å². The number of hydrogen-bond donors (Lipinski definition) is 3. The average molecular weight is 265 g/mol. The molecule has 5 heteroatoms. The number of anilines is 1. The number of pyridine rings is 1. The van der Waals surface area contributed by atoms with Gasteiger partial charge in [0.25, 0.3) is 0 Å². The first kappa shape index (κ1) is 15.4. The highest BCUT2D eigenvalue weighted by atomic mass is 16.3. The van der Waals surface area contributed by atoms with Crippen molar-refractivity contribution in [2.45, 2.75) is 33.1 Å². The van der Waals surface area contributed by atoms with Crippen LogP contribution in [0.4, 0.5) is 10.6 Å². The largest absolute Gasteiger partial charge is 0.396 e. The number of nitrogens with one attached hydrogen (secondary N) is 2. The van der Waals surface area contributed by atoms with E-state index in [0.29, 0.717) is 18.8 Å². The summed E-state index contributed by atoms with van der Waals surface area (Å²) in [4.78, 5) is 15.8. The quantitative estimate of drug-likeness (QED) is 0.708. The number of rotatable bonds is 7. The Kier molecular flexibility index (Phi) is 6.29. The zero-order chi connectivity index (χ0) is 14.1. The Balaban J connectivity index is 2.48. The first-order valence-corrected chi connectivity index (χ1v) is 6.72. The van der Waals surface area contributed by atoms with Gasteiger partial charge in [0, 0.05) is 19.3 Å². The van der Waals surface area contributed by atoms with Gasteiger partial charge in [-0.05, 0) is 36.8 Å². The lowest BCUT2D eigenvalue weighted by Crippen LogP contribution is -2.39. The maximum atomic E-state index is 11.8. The second-order valence-electron chi connectivity index (χ2n) is 4.70. The normalized spacial score (nSPS) is 11.1. The topological polar surface area (TPSA) is 74.2 Å². The fourth-order valence-electron chi connectivity index (χ4n) is 2.04. The van der Waals surface area contributed by atoms with Crippen molar-refractivity contribution in [2.24, 2.45) is 5.41 Å². The number of carbonyl (C=O) groups is 1. The van der Waals surface area contributed by atoms with Crippen molar-refractivity contribution in [2.75, 3.05) is 18.5 Å². The van der Waals surface area contributed by atoms with Crippen LogP contribution in [0.5, 0.6) is 0 Å². The highest BCUT2D eigenvalue weighted by molar-refractivity contribution is 5.88. The van der Waals surface area contributed by atoms with Crippen molar-refractivity contribution < 1.29 is 9.90 Å². The van der Waals surface area contributed by atoms with E-state index in [0.717, 1.165) is 12.8 Å². The molecule has 1 aromatic rings. The van der Waals surface area contributed by atoms with Crippen LogP contribution in [0.3, 0.4) is 0 Å². The third-order valence-corrected chi connectivity index (χ3v) is 3.67. The maximum Gasteiger partial charge on any atom is 0.320 e. The minimum atomic E-state index is -0.261. The number of aromatic nitrogens is 1. The SMILES string of the molecule is CCC(CC)(CCO)CNC(=O)Nc1ccccn1. The number of hydrogen-bond acceptors (Lipinski definition) is 3. The van der Waals surface area contributed by atoms with Crippen LogP contribution < -0.4 is 10.6 Å². The highest BCUT2D eigenvalue weighted by Crippen LogP contribution is 2.29. The number of nitrogens with zero attached hydrogens (tertiary/aromatic N) is 1. The zero-order valence-electron chi connectivity index (χ0n) is 11.6. The van der Waals surface area contributed by atoms with Gasteiger partial charge in [-0.25, -0.2) is 9.78 Å². The van der Waals surface area contributed by atoms with Crippen LogP contribution in [-0.2, 0) is 0 Å². The van der Waals surface area contributed by atoms with Gasteiger partial charge in [0.15, 0.2) is 0 Å². The molecule has 1 heterocycles. The lowest BCUT2D eigenvalue weighted by atomic mass is 9.79. The second kappa shape index (κ2) is 7.74. The molecule has 19 heavy (non-hydrogen) atoms. The van der Waals surface area contributed by atoms with E-state index in [-0.39, 0.29) is 18.1 Å². The summed E-state index contributed by atoms with van der Waals surface area (Å²) < 4.78 is 0. The molecule has 0 spiro atoms. The average Bonchev–Trinajstić information content (AvgIpc) is 2.45. The number of aliphatic hydroxyl groups is 1. The molecule has 0 radical (unpaired) electrons. The molecule has 2 amide bonds. The van der Waals surface area contributed by atoms with Gasteiger partial charge in [-0.2, -0.15) is 0 Å². The molecule has 0 aliphatic rings. The number of aliphatic hydroxyl groups excluding tert-OH is 1. The Bertz CT molecular complexity index is 378. The van der Waals surface area contributed by atoms with Gasteiger partial charge in [-0.3, -0.25) is 5.32 Å². The highest BCUT2D eigenvalue weighted by Gasteiger charge is 2.26. The summed E-state index contributed by atoms with van der Waals surface area (Å²) in [6.07, 6.45) is 4.18. The Labute approximate surface area is 114 Å². The second-order valence-corrected chi connectivity index (χ2v) is 4.70. The summed E-state index contributed by atoms with van der Waals surface area (Å²) in [5.74, 6) is 0.528. The van der Waals surface area contributed by atoms with Gasteiger partial charge < -0.3 is 10.4 Å². The van der Waals surface area contributed by atoms with Crippen LogP contribution >= 0.6 is 0 Å². The minimum Gasteiger partial charge on any atom is -0.396 e. The van der Waals surface area contributed by atoms with Crippen molar-refractivity contribution in [1.29, 1.82) is 0 Å². The molecule has 0 aromatic carbocycles. The van der Waals surface area contributed by atoms with E-state index in [4.69, 9.17) is 5.11 Å². The Morgan fingerprint density at radius 1 is 1.37 bits per heavy atom. The van der Waals surface area contributed by atoms with Gasteiger partial charge in [-0.1, -0.05) is 19.9 Å². The van der Waals surface area contributed by atoms with Gasteiger partial charge in [0.2, 0.25) is 0 Å². The molecule has 0 unspecified atom stereocenters. The zero-order valence-corrected chi connectivity index (χ0v) is 11.6. The molecule has 0 aliphatic heterocycles. The van der Waals surface area contributed by atoms with Crippen LogP contribution in [-0.4, -0.2) is 29.3 Å². The molecular formula is C14H23N3O2. The third-order valence-electron chi connectivity index (χ3n) is 3.67. The Hall–Kier alpha value is -1.62. The van der Waals surface area contributed by atoms with Crippen molar-refractivity contribution in [1.82, 2.24) is 10.3 Å².